The zero-order chi connectivity index (χ0) is 16.7. The monoisotopic (exact) mass is 322 g/mol. The van der Waals surface area contributed by atoms with Gasteiger partial charge >= 0.3 is 0 Å². The van der Waals surface area contributed by atoms with Crippen LogP contribution in [0.1, 0.15) is 17.1 Å². The van der Waals surface area contributed by atoms with Crippen molar-refractivity contribution in [3.05, 3.63) is 47.7 Å². The standard InChI is InChI=1S/C18H22N6/c1-12-13(2)19-11-20-18(12)24-8-14(9-24)23(3)10-17-21-15-6-4-5-7-16(15)22-17/h4-7,11,14H,8-10H2,1-3H3,(H,21,22). The maximum absolute atomic E-state index is 4.66. The fraction of sp³-hybridized carbons (Fsp3) is 0.389. The molecule has 124 valence electrons. The lowest BCUT2D eigenvalue weighted by Gasteiger charge is -2.45. The van der Waals surface area contributed by atoms with E-state index in [1.165, 1.54) is 5.56 Å². The van der Waals surface area contributed by atoms with Crippen molar-refractivity contribution in [2.75, 3.05) is 25.0 Å². The molecule has 24 heavy (non-hydrogen) atoms. The second kappa shape index (κ2) is 5.87. The fourth-order valence-corrected chi connectivity index (χ4v) is 3.20. The van der Waals surface area contributed by atoms with E-state index in [1.54, 1.807) is 6.33 Å². The maximum atomic E-state index is 4.66. The van der Waals surface area contributed by atoms with Crippen LogP contribution in [-0.4, -0.2) is 51.0 Å². The Morgan fingerprint density at radius 3 is 2.79 bits per heavy atom. The van der Waals surface area contributed by atoms with E-state index in [4.69, 9.17) is 0 Å². The molecule has 1 aliphatic heterocycles. The van der Waals surface area contributed by atoms with Crippen LogP contribution in [0.5, 0.6) is 0 Å². The summed E-state index contributed by atoms with van der Waals surface area (Å²) in [7, 11) is 2.16. The van der Waals surface area contributed by atoms with Gasteiger partial charge in [-0.15, -0.1) is 0 Å². The Morgan fingerprint density at radius 1 is 1.21 bits per heavy atom. The first kappa shape index (κ1) is 15.1. The number of H-pyrrole nitrogens is 1. The topological polar surface area (TPSA) is 60.9 Å². The Bertz CT molecular complexity index is 832. The summed E-state index contributed by atoms with van der Waals surface area (Å²) < 4.78 is 0. The second-order valence-corrected chi connectivity index (χ2v) is 6.58. The van der Waals surface area contributed by atoms with Crippen LogP contribution in [0.3, 0.4) is 0 Å². The largest absolute Gasteiger partial charge is 0.353 e. The third-order valence-corrected chi connectivity index (χ3v) is 4.93. The molecule has 1 N–H and O–H groups in total. The first-order chi connectivity index (χ1) is 11.6. The number of likely N-dealkylation sites (N-methyl/N-ethyl adjacent to an activating group) is 1. The summed E-state index contributed by atoms with van der Waals surface area (Å²) in [6.07, 6.45) is 1.66. The molecule has 0 saturated carbocycles. The predicted molar refractivity (Wildman–Crippen MR) is 95.1 cm³/mol. The van der Waals surface area contributed by atoms with Gasteiger partial charge in [-0.25, -0.2) is 15.0 Å². The van der Waals surface area contributed by atoms with Crippen molar-refractivity contribution in [3.63, 3.8) is 0 Å². The lowest BCUT2D eigenvalue weighted by molar-refractivity contribution is 0.193. The number of benzene rings is 1. The molecule has 0 aliphatic carbocycles. The summed E-state index contributed by atoms with van der Waals surface area (Å²) in [6, 6.07) is 8.68. The van der Waals surface area contributed by atoms with Crippen molar-refractivity contribution in [2.45, 2.75) is 26.4 Å². The molecule has 0 unspecified atom stereocenters. The van der Waals surface area contributed by atoms with E-state index < -0.39 is 0 Å². The molecule has 4 rings (SSSR count). The summed E-state index contributed by atoms with van der Waals surface area (Å²) in [5.41, 5.74) is 4.36. The zero-order valence-electron chi connectivity index (χ0n) is 14.3. The summed E-state index contributed by atoms with van der Waals surface area (Å²) in [6.45, 7) is 6.94. The van der Waals surface area contributed by atoms with Crippen LogP contribution in [0, 0.1) is 13.8 Å². The minimum absolute atomic E-state index is 0.521. The molecule has 0 amide bonds. The minimum Gasteiger partial charge on any atom is -0.353 e. The molecule has 0 radical (unpaired) electrons. The van der Waals surface area contributed by atoms with Crippen molar-refractivity contribution in [1.82, 2.24) is 24.8 Å². The number of rotatable bonds is 4. The van der Waals surface area contributed by atoms with Crippen molar-refractivity contribution in [1.29, 1.82) is 0 Å². The highest BCUT2D eigenvalue weighted by Gasteiger charge is 2.32. The Balaban J connectivity index is 1.40. The van der Waals surface area contributed by atoms with Gasteiger partial charge < -0.3 is 9.88 Å². The van der Waals surface area contributed by atoms with E-state index in [-0.39, 0.29) is 0 Å². The zero-order valence-corrected chi connectivity index (χ0v) is 14.3. The molecular weight excluding hydrogens is 300 g/mol. The number of aromatic amines is 1. The van der Waals surface area contributed by atoms with Crippen LogP contribution in [0.15, 0.2) is 30.6 Å². The molecular formula is C18H22N6. The lowest BCUT2D eigenvalue weighted by atomic mass is 10.1. The molecule has 1 saturated heterocycles. The summed E-state index contributed by atoms with van der Waals surface area (Å²) in [5, 5.41) is 0. The van der Waals surface area contributed by atoms with Crippen molar-refractivity contribution in [2.24, 2.45) is 0 Å². The van der Waals surface area contributed by atoms with Gasteiger partial charge in [0.2, 0.25) is 0 Å². The Kier molecular flexibility index (Phi) is 3.69. The van der Waals surface area contributed by atoms with E-state index in [1.807, 2.05) is 25.1 Å². The summed E-state index contributed by atoms with van der Waals surface area (Å²) in [4.78, 5) is 21.4. The van der Waals surface area contributed by atoms with Gasteiger partial charge in [0, 0.05) is 30.4 Å². The van der Waals surface area contributed by atoms with E-state index in [0.717, 1.165) is 48.0 Å². The van der Waals surface area contributed by atoms with Gasteiger partial charge in [0.1, 0.15) is 18.0 Å². The smallest absolute Gasteiger partial charge is 0.135 e. The second-order valence-electron chi connectivity index (χ2n) is 6.58. The maximum Gasteiger partial charge on any atom is 0.135 e. The van der Waals surface area contributed by atoms with Crippen LogP contribution in [-0.2, 0) is 6.54 Å². The fourth-order valence-electron chi connectivity index (χ4n) is 3.20. The molecule has 3 heterocycles. The average Bonchev–Trinajstić information content (AvgIpc) is 2.92. The number of nitrogens with zero attached hydrogens (tertiary/aromatic N) is 5. The Hall–Kier alpha value is -2.47. The first-order valence-electron chi connectivity index (χ1n) is 8.29. The Morgan fingerprint density at radius 2 is 2.00 bits per heavy atom. The molecule has 0 bridgehead atoms. The number of hydrogen-bond donors (Lipinski definition) is 1. The van der Waals surface area contributed by atoms with Gasteiger partial charge in [-0.3, -0.25) is 4.90 Å². The lowest BCUT2D eigenvalue weighted by Crippen LogP contribution is -2.58. The van der Waals surface area contributed by atoms with Crippen LogP contribution < -0.4 is 4.90 Å². The van der Waals surface area contributed by atoms with Gasteiger partial charge in [-0.2, -0.15) is 0 Å². The quantitative estimate of drug-likeness (QED) is 0.798. The number of nitrogens with one attached hydrogen (secondary N) is 1. The molecule has 1 fully saturated rings. The molecule has 1 aliphatic rings. The highest BCUT2D eigenvalue weighted by atomic mass is 15.3. The number of para-hydroxylation sites is 2. The van der Waals surface area contributed by atoms with Gasteiger partial charge in [0.05, 0.1) is 17.6 Å². The highest BCUT2D eigenvalue weighted by molar-refractivity contribution is 5.74. The SMILES string of the molecule is Cc1ncnc(N2CC(N(C)Cc3nc4ccccc4[nH]3)C2)c1C. The number of fused-ring (bicyclic) bond motifs is 1. The van der Waals surface area contributed by atoms with Gasteiger partial charge in [-0.05, 0) is 33.0 Å². The van der Waals surface area contributed by atoms with Gasteiger partial charge in [0.25, 0.3) is 0 Å². The van der Waals surface area contributed by atoms with E-state index in [2.05, 4.69) is 49.8 Å². The van der Waals surface area contributed by atoms with E-state index in [0.29, 0.717) is 6.04 Å². The third-order valence-electron chi connectivity index (χ3n) is 4.93. The first-order valence-corrected chi connectivity index (χ1v) is 8.29. The van der Waals surface area contributed by atoms with Crippen molar-refractivity contribution >= 4 is 16.9 Å². The number of aryl methyl sites for hydroxylation is 1. The van der Waals surface area contributed by atoms with E-state index in [9.17, 15) is 0 Å². The van der Waals surface area contributed by atoms with Gasteiger partial charge in [0.15, 0.2) is 0 Å². The number of imidazole rings is 1. The molecule has 6 heteroatoms. The van der Waals surface area contributed by atoms with E-state index >= 15 is 0 Å². The average molecular weight is 322 g/mol. The molecule has 0 atom stereocenters. The van der Waals surface area contributed by atoms with Crippen LogP contribution in [0.2, 0.25) is 0 Å². The molecule has 6 nitrogen and oxygen atoms in total. The van der Waals surface area contributed by atoms with Crippen LogP contribution >= 0.6 is 0 Å². The van der Waals surface area contributed by atoms with Crippen LogP contribution in [0.4, 0.5) is 5.82 Å². The molecule has 0 spiro atoms. The van der Waals surface area contributed by atoms with Crippen LogP contribution in [0.25, 0.3) is 11.0 Å². The van der Waals surface area contributed by atoms with Crippen molar-refractivity contribution in [3.8, 4) is 0 Å². The Labute approximate surface area is 141 Å². The van der Waals surface area contributed by atoms with Gasteiger partial charge in [-0.1, -0.05) is 12.1 Å². The molecule has 1 aromatic carbocycles. The summed E-state index contributed by atoms with van der Waals surface area (Å²) >= 11 is 0. The predicted octanol–water partition coefficient (Wildman–Crippen LogP) is 2.29. The highest BCUT2D eigenvalue weighted by Crippen LogP contribution is 2.25. The number of anilines is 1. The number of hydrogen-bond acceptors (Lipinski definition) is 5. The third kappa shape index (κ3) is 2.63. The number of aromatic nitrogens is 4. The summed E-state index contributed by atoms with van der Waals surface area (Å²) in [5.74, 6) is 2.09. The normalized spacial score (nSPS) is 15.2. The van der Waals surface area contributed by atoms with Crippen molar-refractivity contribution < 1.29 is 0 Å². The molecule has 2 aromatic heterocycles. The minimum atomic E-state index is 0.521. The molecule has 3 aromatic rings.